The maximum absolute atomic E-state index is 12.8. The van der Waals surface area contributed by atoms with Crippen LogP contribution < -0.4 is 0 Å². The van der Waals surface area contributed by atoms with Gasteiger partial charge in [0.2, 0.25) is 0 Å². The normalized spacial score (nSPS) is 10.4. The Morgan fingerprint density at radius 1 is 1.10 bits per heavy atom. The summed E-state index contributed by atoms with van der Waals surface area (Å²) in [5.41, 5.74) is 1.48. The minimum Gasteiger partial charge on any atom is -0.337 e. The molecule has 0 radical (unpaired) electrons. The van der Waals surface area contributed by atoms with Crippen LogP contribution in [0, 0.1) is 5.82 Å². The Balaban J connectivity index is 2.14. The van der Waals surface area contributed by atoms with Crippen LogP contribution in [0.5, 0.6) is 0 Å². The smallest absolute Gasteiger partial charge is 0.253 e. The molecule has 2 aromatic carbocycles. The number of hydrogen-bond acceptors (Lipinski definition) is 1. The minimum absolute atomic E-state index is 0.0867. The van der Waals surface area contributed by atoms with Crippen molar-refractivity contribution in [3.8, 4) is 0 Å². The highest BCUT2D eigenvalue weighted by atomic mass is 79.9. The quantitative estimate of drug-likeness (QED) is 0.735. The minimum atomic E-state index is -0.279. The molecule has 0 spiro atoms. The van der Waals surface area contributed by atoms with Gasteiger partial charge in [-0.2, -0.15) is 0 Å². The lowest BCUT2D eigenvalue weighted by Gasteiger charge is -2.17. The SMILES string of the molecule is CN(Cc1ccc(F)cc1)C(=O)c1cc(Br)cc(Br)c1. The predicted octanol–water partition coefficient (Wildman–Crippen LogP) is 4.62. The van der Waals surface area contributed by atoms with Crippen molar-refractivity contribution in [2.45, 2.75) is 6.54 Å². The van der Waals surface area contributed by atoms with E-state index in [-0.39, 0.29) is 11.7 Å². The average Bonchev–Trinajstić information content (AvgIpc) is 2.39. The zero-order valence-corrected chi connectivity index (χ0v) is 13.9. The second-order valence-corrected chi connectivity index (χ2v) is 6.28. The van der Waals surface area contributed by atoms with E-state index in [2.05, 4.69) is 31.9 Å². The zero-order valence-electron chi connectivity index (χ0n) is 10.7. The summed E-state index contributed by atoms with van der Waals surface area (Å²) in [7, 11) is 1.72. The Hall–Kier alpha value is -1.20. The molecule has 0 bridgehead atoms. The lowest BCUT2D eigenvalue weighted by Crippen LogP contribution is -2.26. The number of carbonyl (C=O) groups excluding carboxylic acids is 1. The van der Waals surface area contributed by atoms with E-state index in [0.29, 0.717) is 12.1 Å². The van der Waals surface area contributed by atoms with E-state index in [1.54, 1.807) is 36.2 Å². The molecule has 20 heavy (non-hydrogen) atoms. The average molecular weight is 401 g/mol. The van der Waals surface area contributed by atoms with Crippen LogP contribution in [-0.4, -0.2) is 17.9 Å². The molecule has 0 aliphatic heterocycles. The largest absolute Gasteiger partial charge is 0.337 e. The van der Waals surface area contributed by atoms with Crippen LogP contribution in [0.25, 0.3) is 0 Å². The molecule has 1 amide bonds. The van der Waals surface area contributed by atoms with Gasteiger partial charge in [-0.1, -0.05) is 44.0 Å². The number of halogens is 3. The molecule has 0 aromatic heterocycles. The van der Waals surface area contributed by atoms with Gasteiger partial charge in [0.25, 0.3) is 5.91 Å². The Bertz CT molecular complexity index is 608. The van der Waals surface area contributed by atoms with Gasteiger partial charge in [0, 0.05) is 28.1 Å². The molecule has 2 nitrogen and oxygen atoms in total. The van der Waals surface area contributed by atoms with E-state index in [4.69, 9.17) is 0 Å². The van der Waals surface area contributed by atoms with E-state index >= 15 is 0 Å². The molecule has 2 aromatic rings. The van der Waals surface area contributed by atoms with Gasteiger partial charge in [0.1, 0.15) is 5.82 Å². The molecular weight excluding hydrogens is 389 g/mol. The fourth-order valence-electron chi connectivity index (χ4n) is 1.83. The van der Waals surface area contributed by atoms with Crippen molar-refractivity contribution in [2.24, 2.45) is 0 Å². The number of rotatable bonds is 3. The molecule has 0 N–H and O–H groups in total. The van der Waals surface area contributed by atoms with E-state index < -0.39 is 0 Å². The van der Waals surface area contributed by atoms with Crippen LogP contribution in [0.2, 0.25) is 0 Å². The Morgan fingerprint density at radius 3 is 2.20 bits per heavy atom. The van der Waals surface area contributed by atoms with Gasteiger partial charge in [-0.25, -0.2) is 4.39 Å². The van der Waals surface area contributed by atoms with Crippen molar-refractivity contribution in [1.29, 1.82) is 0 Å². The monoisotopic (exact) mass is 399 g/mol. The first-order valence-corrected chi connectivity index (χ1v) is 7.50. The number of carbonyl (C=O) groups is 1. The molecule has 104 valence electrons. The van der Waals surface area contributed by atoms with Crippen molar-refractivity contribution in [2.75, 3.05) is 7.05 Å². The summed E-state index contributed by atoms with van der Waals surface area (Å²) in [6, 6.07) is 11.6. The van der Waals surface area contributed by atoms with Crippen molar-refractivity contribution >= 4 is 37.8 Å². The lowest BCUT2D eigenvalue weighted by atomic mass is 10.1. The molecule has 0 fully saturated rings. The second-order valence-electron chi connectivity index (χ2n) is 4.45. The van der Waals surface area contributed by atoms with Gasteiger partial charge in [-0.05, 0) is 35.9 Å². The van der Waals surface area contributed by atoms with Crippen molar-refractivity contribution in [3.05, 3.63) is 68.4 Å². The summed E-state index contributed by atoms with van der Waals surface area (Å²) in [5, 5.41) is 0. The molecule has 0 atom stereocenters. The van der Waals surface area contributed by atoms with Crippen LogP contribution in [0.3, 0.4) is 0 Å². The standard InChI is InChI=1S/C15H12Br2FNO/c1-19(9-10-2-4-14(18)5-3-10)15(20)11-6-12(16)8-13(17)7-11/h2-8H,9H2,1H3. The van der Waals surface area contributed by atoms with Gasteiger partial charge in [-0.3, -0.25) is 4.79 Å². The van der Waals surface area contributed by atoms with Gasteiger partial charge < -0.3 is 4.90 Å². The zero-order chi connectivity index (χ0) is 14.7. The van der Waals surface area contributed by atoms with Crippen molar-refractivity contribution < 1.29 is 9.18 Å². The predicted molar refractivity (Wildman–Crippen MR) is 84.0 cm³/mol. The fraction of sp³-hybridized carbons (Fsp3) is 0.133. The van der Waals surface area contributed by atoms with Crippen molar-refractivity contribution in [3.63, 3.8) is 0 Å². The van der Waals surface area contributed by atoms with E-state index in [9.17, 15) is 9.18 Å². The molecule has 2 rings (SSSR count). The third kappa shape index (κ3) is 3.90. The van der Waals surface area contributed by atoms with Gasteiger partial charge in [-0.15, -0.1) is 0 Å². The van der Waals surface area contributed by atoms with Crippen LogP contribution in [0.1, 0.15) is 15.9 Å². The number of amides is 1. The maximum Gasteiger partial charge on any atom is 0.253 e. The highest BCUT2D eigenvalue weighted by molar-refractivity contribution is 9.11. The van der Waals surface area contributed by atoms with E-state index in [0.717, 1.165) is 14.5 Å². The number of nitrogens with zero attached hydrogens (tertiary/aromatic N) is 1. The van der Waals surface area contributed by atoms with Crippen LogP contribution in [0.4, 0.5) is 4.39 Å². The van der Waals surface area contributed by atoms with Crippen LogP contribution in [-0.2, 0) is 6.54 Å². The molecule has 0 unspecified atom stereocenters. The molecule has 0 saturated carbocycles. The summed E-state index contributed by atoms with van der Waals surface area (Å²) in [6.07, 6.45) is 0. The van der Waals surface area contributed by atoms with Crippen molar-refractivity contribution in [1.82, 2.24) is 4.90 Å². The maximum atomic E-state index is 12.8. The van der Waals surface area contributed by atoms with Gasteiger partial charge in [0.05, 0.1) is 0 Å². The Morgan fingerprint density at radius 2 is 1.65 bits per heavy atom. The Kier molecular flexibility index (Phi) is 4.94. The third-order valence-corrected chi connectivity index (χ3v) is 3.70. The first-order chi connectivity index (χ1) is 9.45. The highest BCUT2D eigenvalue weighted by Gasteiger charge is 2.13. The first kappa shape index (κ1) is 15.2. The first-order valence-electron chi connectivity index (χ1n) is 5.92. The summed E-state index contributed by atoms with van der Waals surface area (Å²) in [5.74, 6) is -0.366. The second kappa shape index (κ2) is 6.50. The van der Waals surface area contributed by atoms with Gasteiger partial charge in [0.15, 0.2) is 0 Å². The molecule has 0 heterocycles. The molecule has 0 saturated heterocycles. The van der Waals surface area contributed by atoms with E-state index in [1.807, 2.05) is 6.07 Å². The lowest BCUT2D eigenvalue weighted by molar-refractivity contribution is 0.0785. The van der Waals surface area contributed by atoms with E-state index in [1.165, 1.54) is 12.1 Å². The van der Waals surface area contributed by atoms with Gasteiger partial charge >= 0.3 is 0 Å². The van der Waals surface area contributed by atoms with Crippen LogP contribution in [0.15, 0.2) is 51.4 Å². The topological polar surface area (TPSA) is 20.3 Å². The number of benzene rings is 2. The summed E-state index contributed by atoms with van der Waals surface area (Å²) < 4.78 is 14.5. The third-order valence-electron chi connectivity index (χ3n) is 2.79. The molecule has 0 aliphatic carbocycles. The highest BCUT2D eigenvalue weighted by Crippen LogP contribution is 2.21. The number of hydrogen-bond donors (Lipinski definition) is 0. The summed E-state index contributed by atoms with van der Waals surface area (Å²) in [6.45, 7) is 0.434. The summed E-state index contributed by atoms with van der Waals surface area (Å²) >= 11 is 6.73. The molecule has 5 heteroatoms. The molecule has 0 aliphatic rings. The summed E-state index contributed by atoms with van der Waals surface area (Å²) in [4.78, 5) is 13.9. The van der Waals surface area contributed by atoms with Crippen LogP contribution >= 0.6 is 31.9 Å². The molecular formula is C15H12Br2FNO. The fourth-order valence-corrected chi connectivity index (χ4v) is 3.13. The Labute approximate surface area is 133 Å².